The molecule has 188 valence electrons. The first-order chi connectivity index (χ1) is 16.6. The summed E-state index contributed by atoms with van der Waals surface area (Å²) in [6.07, 6.45) is 2.44. The highest BCUT2D eigenvalue weighted by molar-refractivity contribution is 5.96. The summed E-state index contributed by atoms with van der Waals surface area (Å²) in [5.74, 6) is -0.226. The Kier molecular flexibility index (Phi) is 7.47. The molecule has 2 heterocycles. The van der Waals surface area contributed by atoms with Crippen LogP contribution in [0.2, 0.25) is 0 Å². The van der Waals surface area contributed by atoms with Crippen molar-refractivity contribution in [3.63, 3.8) is 0 Å². The lowest BCUT2D eigenvalue weighted by Crippen LogP contribution is -2.40. The van der Waals surface area contributed by atoms with E-state index in [1.54, 1.807) is 4.90 Å². The van der Waals surface area contributed by atoms with E-state index >= 15 is 0 Å². The Morgan fingerprint density at radius 1 is 0.943 bits per heavy atom. The molecule has 0 spiro atoms. The topological polar surface area (TPSA) is 53.5 Å². The number of alkyl halides is 3. The minimum absolute atomic E-state index is 0.00246. The van der Waals surface area contributed by atoms with Crippen molar-refractivity contribution in [1.82, 2.24) is 14.8 Å². The second-order valence-electron chi connectivity index (χ2n) is 9.73. The van der Waals surface area contributed by atoms with Crippen molar-refractivity contribution in [1.29, 1.82) is 0 Å². The van der Waals surface area contributed by atoms with Crippen LogP contribution < -0.4 is 0 Å². The molecule has 1 saturated carbocycles. The first-order valence-corrected chi connectivity index (χ1v) is 12.4. The molecule has 1 aliphatic carbocycles. The zero-order valence-electron chi connectivity index (χ0n) is 20.3. The number of pyridine rings is 1. The van der Waals surface area contributed by atoms with E-state index < -0.39 is 11.7 Å². The second kappa shape index (κ2) is 10.4. The minimum Gasteiger partial charge on any atom is -0.339 e. The van der Waals surface area contributed by atoms with Crippen LogP contribution in [0, 0.1) is 6.92 Å². The number of aryl methyl sites for hydroxylation is 1. The normalized spacial score (nSPS) is 17.9. The first-order valence-electron chi connectivity index (χ1n) is 12.4. The van der Waals surface area contributed by atoms with Crippen LogP contribution in [0.3, 0.4) is 0 Å². The number of nitrogens with zero attached hydrogens (tertiary/aromatic N) is 3. The molecular weight excluding hydrogens is 455 g/mol. The summed E-state index contributed by atoms with van der Waals surface area (Å²) in [6, 6.07) is 8.35. The monoisotopic (exact) mass is 487 g/mol. The van der Waals surface area contributed by atoms with E-state index in [0.717, 1.165) is 49.2 Å². The smallest absolute Gasteiger partial charge is 0.339 e. The molecule has 8 heteroatoms. The third-order valence-corrected chi connectivity index (χ3v) is 7.37. The second-order valence-corrected chi connectivity index (χ2v) is 9.73. The standard InChI is InChI=1S/C27H32F3N3O2/c1-18-8-13-23(26(35)32(2)22-6-4-3-5-7-22)24(31-18)19-14-16-33(17-15-19)25(34)20-9-11-21(12-10-20)27(28,29)30/h8-13,19,22H,3-7,14-17H2,1-2H3. The summed E-state index contributed by atoms with van der Waals surface area (Å²) in [7, 11) is 1.88. The van der Waals surface area contributed by atoms with Gasteiger partial charge in [-0.25, -0.2) is 0 Å². The van der Waals surface area contributed by atoms with Crippen LogP contribution in [0.25, 0.3) is 0 Å². The zero-order chi connectivity index (χ0) is 25.2. The molecule has 35 heavy (non-hydrogen) atoms. The maximum atomic E-state index is 13.4. The van der Waals surface area contributed by atoms with Crippen molar-refractivity contribution < 1.29 is 22.8 Å². The van der Waals surface area contributed by atoms with Crippen molar-refractivity contribution in [2.45, 2.75) is 70.0 Å². The van der Waals surface area contributed by atoms with Gasteiger partial charge in [-0.1, -0.05) is 19.3 Å². The summed E-state index contributed by atoms with van der Waals surface area (Å²) in [5.41, 5.74) is 1.75. The molecule has 2 aromatic rings. The van der Waals surface area contributed by atoms with Gasteiger partial charge < -0.3 is 9.80 Å². The van der Waals surface area contributed by atoms with Gasteiger partial charge in [0.2, 0.25) is 0 Å². The molecule has 0 bridgehead atoms. The summed E-state index contributed by atoms with van der Waals surface area (Å²) in [6.45, 7) is 2.84. The van der Waals surface area contributed by atoms with E-state index in [2.05, 4.69) is 0 Å². The van der Waals surface area contributed by atoms with E-state index in [0.29, 0.717) is 31.5 Å². The van der Waals surface area contributed by atoms with E-state index in [1.807, 2.05) is 31.0 Å². The molecule has 1 aromatic heterocycles. The largest absolute Gasteiger partial charge is 0.416 e. The van der Waals surface area contributed by atoms with E-state index in [9.17, 15) is 22.8 Å². The Hall–Kier alpha value is -2.90. The van der Waals surface area contributed by atoms with E-state index in [4.69, 9.17) is 4.98 Å². The third-order valence-electron chi connectivity index (χ3n) is 7.37. The van der Waals surface area contributed by atoms with Crippen molar-refractivity contribution in [3.05, 3.63) is 64.5 Å². The molecule has 2 amide bonds. The minimum atomic E-state index is -4.43. The van der Waals surface area contributed by atoms with Gasteiger partial charge in [0.25, 0.3) is 11.8 Å². The average molecular weight is 488 g/mol. The molecule has 2 fully saturated rings. The van der Waals surface area contributed by atoms with Crippen LogP contribution in [0.1, 0.15) is 88.5 Å². The molecule has 1 aromatic carbocycles. The predicted molar refractivity (Wildman–Crippen MR) is 127 cm³/mol. The van der Waals surface area contributed by atoms with Crippen LogP contribution in [0.15, 0.2) is 36.4 Å². The van der Waals surface area contributed by atoms with Crippen molar-refractivity contribution in [3.8, 4) is 0 Å². The number of halogens is 3. The lowest BCUT2D eigenvalue weighted by Gasteiger charge is -2.34. The number of aromatic nitrogens is 1. The van der Waals surface area contributed by atoms with Gasteiger partial charge in [0, 0.05) is 43.4 Å². The van der Waals surface area contributed by atoms with Gasteiger partial charge in [-0.05, 0) is 69.0 Å². The van der Waals surface area contributed by atoms with Crippen LogP contribution in [0.5, 0.6) is 0 Å². The number of benzene rings is 1. The fraction of sp³-hybridized carbons (Fsp3) is 0.519. The molecule has 0 atom stereocenters. The van der Waals surface area contributed by atoms with Crippen LogP contribution in [-0.4, -0.2) is 52.8 Å². The molecule has 1 aliphatic heterocycles. The Bertz CT molecular complexity index is 1050. The number of carbonyl (C=O) groups excluding carboxylic acids is 2. The lowest BCUT2D eigenvalue weighted by molar-refractivity contribution is -0.137. The number of likely N-dealkylation sites (tertiary alicyclic amines) is 1. The van der Waals surface area contributed by atoms with Crippen LogP contribution >= 0.6 is 0 Å². The molecule has 0 unspecified atom stereocenters. The molecule has 5 nitrogen and oxygen atoms in total. The van der Waals surface area contributed by atoms with Crippen LogP contribution in [-0.2, 0) is 6.18 Å². The Morgan fingerprint density at radius 3 is 2.17 bits per heavy atom. The summed E-state index contributed by atoms with van der Waals surface area (Å²) < 4.78 is 38.5. The van der Waals surface area contributed by atoms with Gasteiger partial charge in [0.05, 0.1) is 16.8 Å². The van der Waals surface area contributed by atoms with Gasteiger partial charge in [0.1, 0.15) is 0 Å². The summed E-state index contributed by atoms with van der Waals surface area (Å²) in [4.78, 5) is 34.6. The van der Waals surface area contributed by atoms with E-state index in [-0.39, 0.29) is 29.3 Å². The maximum absolute atomic E-state index is 13.4. The van der Waals surface area contributed by atoms with Gasteiger partial charge in [-0.3, -0.25) is 14.6 Å². The molecule has 4 rings (SSSR count). The molecule has 2 aliphatic rings. The summed E-state index contributed by atoms with van der Waals surface area (Å²) >= 11 is 0. The molecule has 0 N–H and O–H groups in total. The summed E-state index contributed by atoms with van der Waals surface area (Å²) in [5, 5.41) is 0. The number of carbonyl (C=O) groups is 2. The number of amides is 2. The quantitative estimate of drug-likeness (QED) is 0.545. The first kappa shape index (κ1) is 25.2. The van der Waals surface area contributed by atoms with Gasteiger partial charge in [0.15, 0.2) is 0 Å². The molecule has 1 saturated heterocycles. The van der Waals surface area contributed by atoms with Gasteiger partial charge in [-0.15, -0.1) is 0 Å². The number of hydrogen-bond acceptors (Lipinski definition) is 3. The third kappa shape index (κ3) is 5.68. The Morgan fingerprint density at radius 2 is 1.57 bits per heavy atom. The fourth-order valence-corrected chi connectivity index (χ4v) is 5.23. The van der Waals surface area contributed by atoms with Crippen molar-refractivity contribution >= 4 is 11.8 Å². The lowest BCUT2D eigenvalue weighted by atomic mass is 9.88. The molecule has 0 radical (unpaired) electrons. The number of rotatable bonds is 4. The maximum Gasteiger partial charge on any atom is 0.416 e. The highest BCUT2D eigenvalue weighted by atomic mass is 19.4. The zero-order valence-corrected chi connectivity index (χ0v) is 20.3. The number of piperidine rings is 1. The average Bonchev–Trinajstić information content (AvgIpc) is 2.87. The number of hydrogen-bond donors (Lipinski definition) is 0. The predicted octanol–water partition coefficient (Wildman–Crippen LogP) is 5.83. The van der Waals surface area contributed by atoms with Crippen molar-refractivity contribution in [2.75, 3.05) is 20.1 Å². The van der Waals surface area contributed by atoms with Crippen molar-refractivity contribution in [2.24, 2.45) is 0 Å². The van der Waals surface area contributed by atoms with Gasteiger partial charge in [-0.2, -0.15) is 13.2 Å². The highest BCUT2D eigenvalue weighted by Gasteiger charge is 2.32. The fourth-order valence-electron chi connectivity index (χ4n) is 5.23. The Balaban J connectivity index is 1.45. The molecular formula is C27H32F3N3O2. The highest BCUT2D eigenvalue weighted by Crippen LogP contribution is 2.33. The Labute approximate surface area is 204 Å². The van der Waals surface area contributed by atoms with Gasteiger partial charge >= 0.3 is 6.18 Å². The SMILES string of the molecule is Cc1ccc(C(=O)N(C)C2CCCCC2)c(C2CCN(C(=O)c3ccc(C(F)(F)F)cc3)CC2)n1. The van der Waals surface area contributed by atoms with Crippen LogP contribution in [0.4, 0.5) is 13.2 Å². The van der Waals surface area contributed by atoms with E-state index in [1.165, 1.54) is 18.6 Å².